The van der Waals surface area contributed by atoms with Crippen molar-refractivity contribution in [2.45, 2.75) is 12.8 Å². The smallest absolute Gasteiger partial charge is 0.142 e. The maximum atomic E-state index is 6.62. The van der Waals surface area contributed by atoms with Crippen LogP contribution in [-0.2, 0) is 6.42 Å². The largest absolute Gasteiger partial charge is 0.456 e. The molecule has 0 amide bonds. The highest BCUT2D eigenvalue weighted by Crippen LogP contribution is 2.44. The van der Waals surface area contributed by atoms with E-state index in [1.807, 2.05) is 0 Å². The van der Waals surface area contributed by atoms with Crippen LogP contribution < -0.4 is 4.90 Å². The predicted octanol–water partition coefficient (Wildman–Crippen LogP) is 17.3. The van der Waals surface area contributed by atoms with Gasteiger partial charge in [0.05, 0.1) is 16.7 Å². The van der Waals surface area contributed by atoms with Gasteiger partial charge in [0, 0.05) is 49.9 Å². The number of hydrogen-bond donors (Lipinski definition) is 0. The molecule has 0 fully saturated rings. The Morgan fingerprint density at radius 3 is 1.72 bits per heavy atom. The van der Waals surface area contributed by atoms with Crippen LogP contribution in [0.5, 0.6) is 0 Å². The maximum Gasteiger partial charge on any atom is 0.142 e. The van der Waals surface area contributed by atoms with Crippen molar-refractivity contribution in [2.75, 3.05) is 4.90 Å². The highest BCUT2D eigenvalue weighted by molar-refractivity contribution is 6.10. The van der Waals surface area contributed by atoms with Crippen LogP contribution in [0.2, 0.25) is 0 Å². The number of allylic oxidation sites excluding steroid dienone is 1. The van der Waals surface area contributed by atoms with Crippen molar-refractivity contribution in [1.82, 2.24) is 4.57 Å². The molecule has 0 atom stereocenters. The SMILES string of the molecule is C1=Cc2oc3c(-c4cccc(N(c5cccc(-c6ccc7c(ccc8ccccc87)c6)c5)c5cccc(-c6ccccc6-n6c7ccccc7c7ccccc76)c5)c4)cccc3c2CC1. The average Bonchev–Trinajstić information content (AvgIpc) is 3.93. The molecule has 0 radical (unpaired) electrons. The Hall–Kier alpha value is -8.40. The molecule has 0 aliphatic heterocycles. The summed E-state index contributed by atoms with van der Waals surface area (Å²) in [4.78, 5) is 2.41. The summed E-state index contributed by atoms with van der Waals surface area (Å²) in [5.74, 6) is 0.980. The van der Waals surface area contributed by atoms with Gasteiger partial charge in [-0.1, -0.05) is 164 Å². The van der Waals surface area contributed by atoms with Crippen molar-refractivity contribution >= 4 is 77.5 Å². The van der Waals surface area contributed by atoms with Crippen LogP contribution >= 0.6 is 0 Å². The van der Waals surface area contributed by atoms with E-state index >= 15 is 0 Å². The second kappa shape index (κ2) is 15.1. The fourth-order valence-electron chi connectivity index (χ4n) is 10.4. The van der Waals surface area contributed by atoms with E-state index < -0.39 is 0 Å². The molecule has 0 unspecified atom stereocenters. The number of aromatic nitrogens is 1. The van der Waals surface area contributed by atoms with E-state index in [2.05, 4.69) is 240 Å². The highest BCUT2D eigenvalue weighted by Gasteiger charge is 2.21. The van der Waals surface area contributed by atoms with Gasteiger partial charge < -0.3 is 13.9 Å². The summed E-state index contributed by atoms with van der Waals surface area (Å²) in [5.41, 5.74) is 15.8. The van der Waals surface area contributed by atoms with Gasteiger partial charge in [0.2, 0.25) is 0 Å². The lowest BCUT2D eigenvalue weighted by atomic mass is 9.96. The molecule has 2 heterocycles. The highest BCUT2D eigenvalue weighted by atomic mass is 16.3. The van der Waals surface area contributed by atoms with E-state index in [0.29, 0.717) is 0 Å². The van der Waals surface area contributed by atoms with Crippen molar-refractivity contribution < 1.29 is 4.42 Å². The third-order valence-electron chi connectivity index (χ3n) is 13.4. The van der Waals surface area contributed by atoms with Crippen molar-refractivity contribution in [3.63, 3.8) is 0 Å². The lowest BCUT2D eigenvalue weighted by Gasteiger charge is -2.27. The van der Waals surface area contributed by atoms with Gasteiger partial charge in [-0.25, -0.2) is 0 Å². The van der Waals surface area contributed by atoms with Crippen LogP contribution in [-0.4, -0.2) is 4.57 Å². The molecule has 65 heavy (non-hydrogen) atoms. The van der Waals surface area contributed by atoms with Crippen LogP contribution in [0.4, 0.5) is 17.1 Å². The van der Waals surface area contributed by atoms with Crippen LogP contribution in [0.15, 0.2) is 229 Å². The number of furan rings is 1. The first-order valence-electron chi connectivity index (χ1n) is 22.5. The molecule has 1 aliphatic rings. The molecule has 3 nitrogen and oxygen atoms in total. The van der Waals surface area contributed by atoms with Crippen molar-refractivity contribution in [3.8, 4) is 39.1 Å². The van der Waals surface area contributed by atoms with Gasteiger partial charge in [-0.15, -0.1) is 0 Å². The zero-order chi connectivity index (χ0) is 42.8. The molecule has 1 aliphatic carbocycles. The lowest BCUT2D eigenvalue weighted by Crippen LogP contribution is -2.10. The first-order valence-corrected chi connectivity index (χ1v) is 22.5. The minimum atomic E-state index is 0.947. The van der Waals surface area contributed by atoms with E-state index in [0.717, 1.165) is 74.8 Å². The normalized spacial score (nSPS) is 12.4. The molecule has 13 rings (SSSR count). The monoisotopic (exact) mass is 830 g/mol. The number of hydrogen-bond acceptors (Lipinski definition) is 2. The Morgan fingerprint density at radius 2 is 0.954 bits per heavy atom. The van der Waals surface area contributed by atoms with Gasteiger partial charge in [-0.05, 0) is 123 Å². The fraction of sp³-hybridized carbons (Fsp3) is 0.0323. The molecule has 0 saturated heterocycles. The van der Waals surface area contributed by atoms with Gasteiger partial charge >= 0.3 is 0 Å². The molecule has 0 N–H and O–H groups in total. The third kappa shape index (κ3) is 6.19. The minimum absolute atomic E-state index is 0.947. The molecule has 10 aromatic carbocycles. The maximum absolute atomic E-state index is 6.62. The molecule has 0 spiro atoms. The number of benzene rings is 10. The Balaban J connectivity index is 0.980. The van der Waals surface area contributed by atoms with Crippen molar-refractivity contribution in [2.24, 2.45) is 0 Å². The number of anilines is 3. The van der Waals surface area contributed by atoms with E-state index in [-0.39, 0.29) is 0 Å². The molecular formula is C62H42N2O. The molecule has 306 valence electrons. The van der Waals surface area contributed by atoms with Crippen LogP contribution in [0.25, 0.3) is 99.5 Å². The Labute approximate surface area is 377 Å². The second-order valence-corrected chi connectivity index (χ2v) is 17.2. The zero-order valence-electron chi connectivity index (χ0n) is 35.7. The average molecular weight is 831 g/mol. The molecule has 12 aromatic rings. The summed E-state index contributed by atoms with van der Waals surface area (Å²) in [5, 5.41) is 8.73. The number of aryl methyl sites for hydroxylation is 1. The van der Waals surface area contributed by atoms with Crippen LogP contribution in [0, 0.1) is 0 Å². The summed E-state index contributed by atoms with van der Waals surface area (Å²) in [7, 11) is 0. The summed E-state index contributed by atoms with van der Waals surface area (Å²) in [6.45, 7) is 0. The standard InChI is InChI=1S/C62H42N2O/c1-2-22-50-41(15-1)33-34-46-37-43(35-36-51(46)50)42-16-11-19-47(38-42)63(49-21-13-18-45(40-49)53-27-14-28-57-56-26-6-10-32-61(56)65-62(53)57)48-20-12-17-44(39-48)52-23-3-7-29-58(52)64-59-30-8-4-24-54(59)55-25-5-9-31-60(55)64/h1-5,7-25,27-40H,6,26H2. The van der Waals surface area contributed by atoms with Gasteiger partial charge in [-0.3, -0.25) is 0 Å². The number of fused-ring (bicyclic) bond motifs is 9. The first-order chi connectivity index (χ1) is 32.2. The Bertz CT molecular complexity index is 3810. The van der Waals surface area contributed by atoms with Gasteiger partial charge in [0.1, 0.15) is 11.3 Å². The van der Waals surface area contributed by atoms with E-state index in [4.69, 9.17) is 4.42 Å². The van der Waals surface area contributed by atoms with Crippen LogP contribution in [0.1, 0.15) is 17.7 Å². The summed E-state index contributed by atoms with van der Waals surface area (Å²) < 4.78 is 9.05. The Kier molecular flexibility index (Phi) is 8.67. The fourth-order valence-corrected chi connectivity index (χ4v) is 10.4. The van der Waals surface area contributed by atoms with E-state index in [1.54, 1.807) is 0 Å². The predicted molar refractivity (Wildman–Crippen MR) is 274 cm³/mol. The lowest BCUT2D eigenvalue weighted by molar-refractivity contribution is 0.596. The summed E-state index contributed by atoms with van der Waals surface area (Å²) in [6.07, 6.45) is 6.38. The topological polar surface area (TPSA) is 21.3 Å². The third-order valence-corrected chi connectivity index (χ3v) is 13.4. The summed E-state index contributed by atoms with van der Waals surface area (Å²) >= 11 is 0. The number of rotatable bonds is 7. The molecule has 2 aromatic heterocycles. The summed E-state index contributed by atoms with van der Waals surface area (Å²) in [6, 6.07) is 79.8. The second-order valence-electron chi connectivity index (χ2n) is 17.2. The van der Waals surface area contributed by atoms with Crippen LogP contribution in [0.3, 0.4) is 0 Å². The van der Waals surface area contributed by atoms with Gasteiger partial charge in [-0.2, -0.15) is 0 Å². The quantitative estimate of drug-likeness (QED) is 0.149. The molecule has 0 bridgehead atoms. The Morgan fingerprint density at radius 1 is 0.400 bits per heavy atom. The number of nitrogens with zero attached hydrogens (tertiary/aromatic N) is 2. The van der Waals surface area contributed by atoms with Crippen molar-refractivity contribution in [3.05, 3.63) is 236 Å². The van der Waals surface area contributed by atoms with Crippen molar-refractivity contribution in [1.29, 1.82) is 0 Å². The zero-order valence-corrected chi connectivity index (χ0v) is 35.7. The molecular weight excluding hydrogens is 789 g/mol. The van der Waals surface area contributed by atoms with Gasteiger partial charge in [0.15, 0.2) is 0 Å². The van der Waals surface area contributed by atoms with E-state index in [9.17, 15) is 0 Å². The molecule has 3 heteroatoms. The molecule has 0 saturated carbocycles. The first kappa shape index (κ1) is 37.2. The van der Waals surface area contributed by atoms with E-state index in [1.165, 1.54) is 59.9 Å². The number of para-hydroxylation sites is 4. The van der Waals surface area contributed by atoms with Gasteiger partial charge in [0.25, 0.3) is 0 Å². The minimum Gasteiger partial charge on any atom is -0.456 e.